The normalized spacial score (nSPS) is 13.4. The van der Waals surface area contributed by atoms with E-state index in [1.807, 2.05) is 0 Å². The van der Waals surface area contributed by atoms with Crippen LogP contribution >= 0.6 is 22.6 Å². The van der Waals surface area contributed by atoms with Crippen LogP contribution in [0.2, 0.25) is 0 Å². The van der Waals surface area contributed by atoms with Crippen molar-refractivity contribution in [3.05, 3.63) is 117 Å². The molecule has 7 aromatic rings. The molecule has 0 aliphatic rings. The summed E-state index contributed by atoms with van der Waals surface area (Å²) < 4.78 is 6.23. The molecule has 0 amide bonds. The molecule has 2 aromatic heterocycles. The maximum absolute atomic E-state index is 2.61. The van der Waals surface area contributed by atoms with Crippen molar-refractivity contribution in [2.45, 2.75) is 105 Å². The van der Waals surface area contributed by atoms with Gasteiger partial charge in [0.15, 0.2) is 0 Å². The van der Waals surface area contributed by atoms with Gasteiger partial charge in [-0.25, -0.2) is 0 Å². The molecular formula is C46H51IN2. The summed E-state index contributed by atoms with van der Waals surface area (Å²) >= 11 is 2.61. The second kappa shape index (κ2) is 11.2. The summed E-state index contributed by atoms with van der Waals surface area (Å²) in [5, 5.41) is 5.26. The maximum atomic E-state index is 2.61. The van der Waals surface area contributed by atoms with Crippen LogP contribution in [-0.4, -0.2) is 9.13 Å². The molecule has 3 heteroatoms. The summed E-state index contributed by atoms with van der Waals surface area (Å²) in [5.74, 6) is 0. The molecule has 2 nitrogen and oxygen atoms in total. The average molecular weight is 759 g/mol. The highest BCUT2D eigenvalue weighted by molar-refractivity contribution is 14.1. The van der Waals surface area contributed by atoms with Crippen molar-refractivity contribution in [3.63, 3.8) is 0 Å². The lowest BCUT2D eigenvalue weighted by molar-refractivity contribution is 0.590. The molecule has 0 aliphatic heterocycles. The monoisotopic (exact) mass is 758 g/mol. The molecule has 0 atom stereocenters. The first-order valence-corrected chi connectivity index (χ1v) is 18.8. The zero-order chi connectivity index (χ0) is 35.4. The Kier molecular flexibility index (Phi) is 7.76. The largest absolute Gasteiger partial charge is 0.308 e. The molecule has 0 fully saturated rings. The predicted molar refractivity (Wildman–Crippen MR) is 223 cm³/mol. The van der Waals surface area contributed by atoms with Gasteiger partial charge in [0.1, 0.15) is 0 Å². The molecule has 0 spiro atoms. The molecule has 5 aromatic carbocycles. The van der Waals surface area contributed by atoms with Gasteiger partial charge in [-0.3, -0.25) is 0 Å². The zero-order valence-corrected chi connectivity index (χ0v) is 33.6. The van der Waals surface area contributed by atoms with Gasteiger partial charge in [-0.15, -0.1) is 0 Å². The van der Waals surface area contributed by atoms with Crippen molar-refractivity contribution in [2.24, 2.45) is 0 Å². The second-order valence-electron chi connectivity index (χ2n) is 18.2. The molecule has 0 unspecified atom stereocenters. The smallest absolute Gasteiger partial charge is 0.0616 e. The van der Waals surface area contributed by atoms with E-state index in [-0.39, 0.29) is 21.7 Å². The Bertz CT molecular complexity index is 2110. The highest BCUT2D eigenvalue weighted by Gasteiger charge is 2.25. The Morgan fingerprint density at radius 1 is 0.367 bits per heavy atom. The quantitative estimate of drug-likeness (QED) is 0.155. The van der Waals surface area contributed by atoms with Crippen LogP contribution in [-0.2, 0) is 21.7 Å². The fourth-order valence-electron chi connectivity index (χ4n) is 7.29. The summed E-state index contributed by atoms with van der Waals surface area (Å²) in [4.78, 5) is 0. The van der Waals surface area contributed by atoms with Crippen molar-refractivity contribution in [1.29, 1.82) is 0 Å². The third-order valence-corrected chi connectivity index (χ3v) is 11.5. The van der Waals surface area contributed by atoms with E-state index in [4.69, 9.17) is 0 Å². The topological polar surface area (TPSA) is 9.86 Å². The number of benzene rings is 5. The van der Waals surface area contributed by atoms with Crippen LogP contribution in [0.25, 0.3) is 55.0 Å². The summed E-state index contributed by atoms with van der Waals surface area (Å²) in [6, 6.07) is 35.2. The molecule has 0 saturated carbocycles. The molecule has 2 heterocycles. The van der Waals surface area contributed by atoms with Crippen molar-refractivity contribution in [2.75, 3.05) is 0 Å². The van der Waals surface area contributed by atoms with E-state index in [0.717, 1.165) is 0 Å². The van der Waals surface area contributed by atoms with Crippen LogP contribution in [0.5, 0.6) is 0 Å². The van der Waals surface area contributed by atoms with E-state index in [0.29, 0.717) is 0 Å². The number of nitrogens with zero attached hydrogens (tertiary/aromatic N) is 2. The first-order chi connectivity index (χ1) is 22.7. The lowest BCUT2D eigenvalue weighted by Gasteiger charge is -2.20. The van der Waals surface area contributed by atoms with Crippen molar-refractivity contribution in [1.82, 2.24) is 9.13 Å². The summed E-state index contributed by atoms with van der Waals surface area (Å²) in [6.07, 6.45) is 0. The van der Waals surface area contributed by atoms with E-state index in [1.54, 1.807) is 0 Å². The fourth-order valence-corrected chi connectivity index (χ4v) is 8.13. The summed E-state index contributed by atoms with van der Waals surface area (Å²) in [7, 11) is 0. The van der Waals surface area contributed by atoms with Crippen molar-refractivity contribution >= 4 is 66.2 Å². The number of rotatable bonds is 2. The molecule has 0 aliphatic carbocycles. The standard InChI is InChI=1S/C46H51IN2/c1-43(2,3)28-16-20-36-32(24-28)33-25-29(44(4,5)6)17-21-37(33)48(36)40-14-13-15-41(42(40)47)49-38-22-18-30(45(7,8)9)26-34(38)35-27-31(46(10,11)12)19-23-39(35)49/h13-27H,1-12H3. The third kappa shape index (κ3) is 5.70. The van der Waals surface area contributed by atoms with Crippen LogP contribution in [0.1, 0.15) is 105 Å². The first-order valence-electron chi connectivity index (χ1n) is 17.7. The van der Waals surface area contributed by atoms with E-state index >= 15 is 0 Å². The molecule has 252 valence electrons. The van der Waals surface area contributed by atoms with Crippen molar-refractivity contribution < 1.29 is 0 Å². The SMILES string of the molecule is CC(C)(C)c1ccc2c(c1)c1cc(C(C)(C)C)ccc1n2-c1cccc(-n2c3ccc(C(C)(C)C)cc3c3cc(C(C)(C)C)ccc32)c1I. The number of aromatic nitrogens is 2. The number of halogens is 1. The van der Waals surface area contributed by atoms with Crippen LogP contribution < -0.4 is 0 Å². The minimum atomic E-state index is 0.0643. The van der Waals surface area contributed by atoms with E-state index in [1.165, 1.54) is 80.8 Å². The summed E-state index contributed by atoms with van der Waals surface area (Å²) in [5.41, 5.74) is 13.1. The lowest BCUT2D eigenvalue weighted by Crippen LogP contribution is -2.10. The van der Waals surface area contributed by atoms with Gasteiger partial charge in [0.2, 0.25) is 0 Å². The van der Waals surface area contributed by atoms with Gasteiger partial charge in [-0.1, -0.05) is 113 Å². The van der Waals surface area contributed by atoms with Crippen LogP contribution in [0, 0.1) is 3.57 Å². The Morgan fingerprint density at radius 2 is 0.612 bits per heavy atom. The number of fused-ring (bicyclic) bond motifs is 6. The van der Waals surface area contributed by atoms with Crippen LogP contribution in [0.4, 0.5) is 0 Å². The van der Waals surface area contributed by atoms with Gasteiger partial charge < -0.3 is 9.13 Å². The highest BCUT2D eigenvalue weighted by atomic mass is 127. The van der Waals surface area contributed by atoms with Gasteiger partial charge in [-0.2, -0.15) is 0 Å². The third-order valence-electron chi connectivity index (χ3n) is 10.4. The zero-order valence-electron chi connectivity index (χ0n) is 31.4. The molecular weight excluding hydrogens is 707 g/mol. The Morgan fingerprint density at radius 3 is 0.837 bits per heavy atom. The van der Waals surface area contributed by atoms with E-state index < -0.39 is 0 Å². The van der Waals surface area contributed by atoms with Crippen LogP contribution in [0.15, 0.2) is 91.0 Å². The molecule has 0 radical (unpaired) electrons. The predicted octanol–water partition coefficient (Wildman–Crippen LogP) is 13.7. The maximum Gasteiger partial charge on any atom is 0.0616 e. The molecule has 0 N–H and O–H groups in total. The van der Waals surface area contributed by atoms with Crippen LogP contribution in [0.3, 0.4) is 0 Å². The molecule has 0 bridgehead atoms. The number of hydrogen-bond acceptors (Lipinski definition) is 0. The van der Waals surface area contributed by atoms with Gasteiger partial charge in [0, 0.05) is 21.5 Å². The second-order valence-corrected chi connectivity index (χ2v) is 19.3. The Hall–Kier alpha value is -3.57. The molecule has 49 heavy (non-hydrogen) atoms. The minimum absolute atomic E-state index is 0.0643. The average Bonchev–Trinajstić information content (AvgIpc) is 3.51. The number of hydrogen-bond donors (Lipinski definition) is 0. The first kappa shape index (κ1) is 33.9. The van der Waals surface area contributed by atoms with E-state index in [9.17, 15) is 0 Å². The molecule has 7 rings (SSSR count). The van der Waals surface area contributed by atoms with Gasteiger partial charge in [0.25, 0.3) is 0 Å². The van der Waals surface area contributed by atoms with Gasteiger partial charge >= 0.3 is 0 Å². The van der Waals surface area contributed by atoms with E-state index in [2.05, 4.69) is 206 Å². The van der Waals surface area contributed by atoms with Gasteiger partial charge in [-0.05, 0) is 127 Å². The van der Waals surface area contributed by atoms with Gasteiger partial charge in [0.05, 0.1) is 37.0 Å². The Labute approximate surface area is 306 Å². The molecule has 0 saturated heterocycles. The lowest BCUT2D eigenvalue weighted by atomic mass is 9.85. The Balaban J connectivity index is 1.54. The highest BCUT2D eigenvalue weighted by Crippen LogP contribution is 2.42. The van der Waals surface area contributed by atoms with Crippen molar-refractivity contribution in [3.8, 4) is 11.4 Å². The summed E-state index contributed by atoms with van der Waals surface area (Å²) in [6.45, 7) is 27.7. The minimum Gasteiger partial charge on any atom is -0.308 e. The fraction of sp³-hybridized carbons (Fsp3) is 0.348.